The van der Waals surface area contributed by atoms with Crippen LogP contribution in [0.25, 0.3) is 6.08 Å². The number of thioether (sulfide) groups is 1. The molecule has 10 nitrogen and oxygen atoms in total. The van der Waals surface area contributed by atoms with Crippen LogP contribution in [0.5, 0.6) is 17.2 Å². The maximum absolute atomic E-state index is 13.6. The van der Waals surface area contributed by atoms with Crippen LogP contribution in [0.2, 0.25) is 5.02 Å². The Morgan fingerprint density at radius 3 is 2.49 bits per heavy atom. The van der Waals surface area contributed by atoms with Crippen molar-refractivity contribution in [3.05, 3.63) is 96.1 Å². The molecule has 0 atom stereocenters. The number of amides is 1. The predicted octanol–water partition coefficient (Wildman–Crippen LogP) is 6.50. The molecule has 188 valence electrons. The third-order valence-corrected chi connectivity index (χ3v) is 6.62. The van der Waals surface area contributed by atoms with Gasteiger partial charge in [0, 0.05) is 11.6 Å². The number of thiocarbonyl (C=S) groups is 1. The summed E-state index contributed by atoms with van der Waals surface area (Å²) in [5.74, 6) is -1.22. The van der Waals surface area contributed by atoms with Gasteiger partial charge in [-0.25, -0.2) is 4.39 Å². The third kappa shape index (κ3) is 5.23. The summed E-state index contributed by atoms with van der Waals surface area (Å²) in [7, 11) is 1.36. The van der Waals surface area contributed by atoms with Crippen LogP contribution < -0.4 is 14.4 Å². The molecule has 0 unspecified atom stereocenters. The number of nitro benzene ring substituents is 2. The Kier molecular flexibility index (Phi) is 7.38. The summed E-state index contributed by atoms with van der Waals surface area (Å²) in [6.07, 6.45) is 1.46. The van der Waals surface area contributed by atoms with Gasteiger partial charge in [-0.3, -0.25) is 29.9 Å². The minimum atomic E-state index is -0.809. The monoisotopic (exact) mass is 561 g/mol. The topological polar surface area (TPSA) is 125 Å². The molecule has 0 aliphatic carbocycles. The van der Waals surface area contributed by atoms with Gasteiger partial charge in [0.2, 0.25) is 5.75 Å². The van der Waals surface area contributed by atoms with E-state index in [0.29, 0.717) is 5.56 Å². The highest BCUT2D eigenvalue weighted by molar-refractivity contribution is 8.27. The second-order valence-corrected chi connectivity index (χ2v) is 9.35. The first-order valence-corrected chi connectivity index (χ1v) is 11.7. The summed E-state index contributed by atoms with van der Waals surface area (Å²) < 4.78 is 24.9. The zero-order valence-corrected chi connectivity index (χ0v) is 20.9. The molecular formula is C23H13ClFN3O7S2. The van der Waals surface area contributed by atoms with Gasteiger partial charge < -0.3 is 9.47 Å². The maximum atomic E-state index is 13.6. The number of rotatable bonds is 7. The molecule has 1 heterocycles. The maximum Gasteiger partial charge on any atom is 0.318 e. The van der Waals surface area contributed by atoms with Gasteiger partial charge in [-0.1, -0.05) is 47.7 Å². The zero-order chi connectivity index (χ0) is 26.9. The van der Waals surface area contributed by atoms with Crippen molar-refractivity contribution in [2.24, 2.45) is 0 Å². The average molecular weight is 562 g/mol. The van der Waals surface area contributed by atoms with Gasteiger partial charge >= 0.3 is 5.69 Å². The molecule has 1 fully saturated rings. The number of benzene rings is 3. The molecule has 1 amide bonds. The van der Waals surface area contributed by atoms with Crippen LogP contribution in [0.3, 0.4) is 0 Å². The summed E-state index contributed by atoms with van der Waals surface area (Å²) >= 11 is 12.2. The number of nitro groups is 2. The Morgan fingerprint density at radius 1 is 1.08 bits per heavy atom. The molecule has 0 saturated carbocycles. The number of hydrogen-bond donors (Lipinski definition) is 0. The normalized spacial score (nSPS) is 14.2. The van der Waals surface area contributed by atoms with E-state index in [9.17, 15) is 29.4 Å². The van der Waals surface area contributed by atoms with Gasteiger partial charge in [-0.05, 0) is 36.4 Å². The lowest BCUT2D eigenvalue weighted by molar-refractivity contribution is -0.394. The largest absolute Gasteiger partial charge is 0.493 e. The molecule has 4 rings (SSSR count). The lowest BCUT2D eigenvalue weighted by atomic mass is 10.1. The van der Waals surface area contributed by atoms with Crippen molar-refractivity contribution >= 4 is 68.9 Å². The lowest BCUT2D eigenvalue weighted by Gasteiger charge is -2.15. The summed E-state index contributed by atoms with van der Waals surface area (Å²) in [4.78, 5) is 35.6. The molecule has 1 aliphatic rings. The zero-order valence-electron chi connectivity index (χ0n) is 18.5. The minimum Gasteiger partial charge on any atom is -0.493 e. The quantitative estimate of drug-likeness (QED) is 0.137. The van der Waals surface area contributed by atoms with E-state index < -0.39 is 32.9 Å². The van der Waals surface area contributed by atoms with Crippen LogP contribution >= 0.6 is 35.6 Å². The van der Waals surface area contributed by atoms with Crippen LogP contribution in [0.15, 0.2) is 59.5 Å². The average Bonchev–Trinajstić information content (AvgIpc) is 3.14. The standard InChI is InChI=1S/C23H13ClFN3O7S2/c1-34-19-4-2-3-12(21(19)35-18-8-6-14(27(30)31)11-17(18)28(32)33)9-20-22(29)26(23(36)37-20)13-5-7-16(25)15(24)10-13/h2-11H,1H3/b20-9+. The molecule has 1 aliphatic heterocycles. The minimum absolute atomic E-state index is 0.0250. The van der Waals surface area contributed by atoms with Crippen molar-refractivity contribution in [1.29, 1.82) is 0 Å². The number of carbonyl (C=O) groups excluding carboxylic acids is 1. The fourth-order valence-electron chi connectivity index (χ4n) is 3.33. The number of hydrogen-bond acceptors (Lipinski definition) is 9. The number of para-hydroxylation sites is 1. The van der Waals surface area contributed by atoms with Gasteiger partial charge in [-0.15, -0.1) is 0 Å². The molecule has 14 heteroatoms. The molecular weight excluding hydrogens is 549 g/mol. The first-order chi connectivity index (χ1) is 17.6. The number of methoxy groups -OCH3 is 1. The fourth-order valence-corrected chi connectivity index (χ4v) is 4.80. The molecule has 1 saturated heterocycles. The van der Waals surface area contributed by atoms with E-state index in [-0.39, 0.29) is 37.2 Å². The van der Waals surface area contributed by atoms with Crippen LogP contribution in [-0.2, 0) is 4.79 Å². The Hall–Kier alpha value is -4.07. The van der Waals surface area contributed by atoms with Crippen molar-refractivity contribution in [2.75, 3.05) is 12.0 Å². The molecule has 0 bridgehead atoms. The second kappa shape index (κ2) is 10.5. The van der Waals surface area contributed by atoms with Crippen molar-refractivity contribution < 1.29 is 28.5 Å². The second-order valence-electron chi connectivity index (χ2n) is 7.26. The van der Waals surface area contributed by atoms with E-state index in [1.165, 1.54) is 36.3 Å². The molecule has 3 aromatic rings. The molecule has 0 N–H and O–H groups in total. The number of nitrogens with zero attached hydrogens (tertiary/aromatic N) is 3. The Balaban J connectivity index is 1.75. The van der Waals surface area contributed by atoms with Gasteiger partial charge in [0.1, 0.15) is 5.82 Å². The Morgan fingerprint density at radius 2 is 1.84 bits per heavy atom. The van der Waals surface area contributed by atoms with E-state index in [4.69, 9.17) is 33.3 Å². The van der Waals surface area contributed by atoms with Crippen molar-refractivity contribution in [3.63, 3.8) is 0 Å². The van der Waals surface area contributed by atoms with E-state index >= 15 is 0 Å². The van der Waals surface area contributed by atoms with E-state index in [1.807, 2.05) is 0 Å². The molecule has 3 aromatic carbocycles. The Bertz CT molecular complexity index is 1520. The summed E-state index contributed by atoms with van der Waals surface area (Å²) in [5.41, 5.74) is -0.528. The molecule has 37 heavy (non-hydrogen) atoms. The van der Waals surface area contributed by atoms with Gasteiger partial charge in [0.25, 0.3) is 11.6 Å². The van der Waals surface area contributed by atoms with E-state index in [2.05, 4.69) is 0 Å². The van der Waals surface area contributed by atoms with Gasteiger partial charge in [0.15, 0.2) is 15.8 Å². The van der Waals surface area contributed by atoms with Gasteiger partial charge in [0.05, 0.1) is 38.6 Å². The first kappa shape index (κ1) is 26.0. The molecule has 0 radical (unpaired) electrons. The number of non-ortho nitro benzene ring substituents is 1. The van der Waals surface area contributed by atoms with Crippen LogP contribution in [0.1, 0.15) is 5.56 Å². The SMILES string of the molecule is COc1cccc(/C=C2/SC(=S)N(c3ccc(F)c(Cl)c3)C2=O)c1Oc1ccc([N+](=O)[O-])cc1[N+](=O)[O-]. The van der Waals surface area contributed by atoms with Gasteiger partial charge in [-0.2, -0.15) is 0 Å². The van der Waals surface area contributed by atoms with Crippen LogP contribution in [-0.4, -0.2) is 27.2 Å². The van der Waals surface area contributed by atoms with Crippen LogP contribution in [0, 0.1) is 26.0 Å². The lowest BCUT2D eigenvalue weighted by Crippen LogP contribution is -2.27. The fraction of sp³-hybridized carbons (Fsp3) is 0.0435. The van der Waals surface area contributed by atoms with Crippen molar-refractivity contribution in [1.82, 2.24) is 0 Å². The summed E-state index contributed by atoms with van der Waals surface area (Å²) in [5, 5.41) is 22.4. The summed E-state index contributed by atoms with van der Waals surface area (Å²) in [6, 6.07) is 11.4. The predicted molar refractivity (Wildman–Crippen MR) is 140 cm³/mol. The highest BCUT2D eigenvalue weighted by Gasteiger charge is 2.34. The number of ether oxygens (including phenoxy) is 2. The molecule has 0 spiro atoms. The van der Waals surface area contributed by atoms with E-state index in [0.717, 1.165) is 36.0 Å². The number of halogens is 2. The summed E-state index contributed by atoms with van der Waals surface area (Å²) in [6.45, 7) is 0. The Labute approximate surface area is 222 Å². The smallest absolute Gasteiger partial charge is 0.318 e. The third-order valence-electron chi connectivity index (χ3n) is 5.03. The highest BCUT2D eigenvalue weighted by atomic mass is 35.5. The van der Waals surface area contributed by atoms with Crippen molar-refractivity contribution in [2.45, 2.75) is 0 Å². The number of carbonyl (C=O) groups is 1. The highest BCUT2D eigenvalue weighted by Crippen LogP contribution is 2.43. The van der Waals surface area contributed by atoms with Crippen LogP contribution in [0.4, 0.5) is 21.5 Å². The van der Waals surface area contributed by atoms with E-state index in [1.54, 1.807) is 12.1 Å². The molecule has 0 aromatic heterocycles. The number of anilines is 1. The first-order valence-electron chi connectivity index (χ1n) is 10.1. The van der Waals surface area contributed by atoms with Crippen molar-refractivity contribution in [3.8, 4) is 17.2 Å².